The van der Waals surface area contributed by atoms with E-state index < -0.39 is 0 Å². The number of piperidine rings is 1. The standard InChI is InChI=1S/C13H19N5S/c1-8-5-7-19-11(8)12-15-13(17-16-12)18-6-3-4-10(14)9(18)2/h5,7,9-10H,3-4,6,14H2,1-2H3,(H,15,16,17). The molecule has 1 saturated heterocycles. The van der Waals surface area contributed by atoms with E-state index >= 15 is 0 Å². The van der Waals surface area contributed by atoms with Crippen LogP contribution in [0.1, 0.15) is 25.3 Å². The van der Waals surface area contributed by atoms with Gasteiger partial charge in [0.05, 0.1) is 4.88 Å². The molecule has 0 amide bonds. The number of rotatable bonds is 2. The molecule has 3 heterocycles. The van der Waals surface area contributed by atoms with Gasteiger partial charge in [-0.3, -0.25) is 5.10 Å². The van der Waals surface area contributed by atoms with E-state index in [1.54, 1.807) is 11.3 Å². The van der Waals surface area contributed by atoms with Crippen LogP contribution in [0.2, 0.25) is 0 Å². The van der Waals surface area contributed by atoms with E-state index in [1.807, 2.05) is 0 Å². The monoisotopic (exact) mass is 277 g/mol. The van der Waals surface area contributed by atoms with E-state index in [0.29, 0.717) is 6.04 Å². The van der Waals surface area contributed by atoms with Crippen molar-refractivity contribution >= 4 is 17.3 Å². The van der Waals surface area contributed by atoms with Crippen molar-refractivity contribution in [3.63, 3.8) is 0 Å². The predicted octanol–water partition coefficient (Wildman–Crippen LogP) is 2.16. The van der Waals surface area contributed by atoms with Crippen LogP contribution in [-0.2, 0) is 0 Å². The molecule has 0 aliphatic carbocycles. The lowest BCUT2D eigenvalue weighted by atomic mass is 9.99. The maximum atomic E-state index is 6.13. The van der Waals surface area contributed by atoms with Crippen LogP contribution in [0.15, 0.2) is 11.4 Å². The molecule has 19 heavy (non-hydrogen) atoms. The molecule has 3 rings (SSSR count). The number of hydrogen-bond donors (Lipinski definition) is 2. The van der Waals surface area contributed by atoms with Crippen molar-refractivity contribution in [2.24, 2.45) is 5.73 Å². The molecule has 3 N–H and O–H groups in total. The van der Waals surface area contributed by atoms with Crippen molar-refractivity contribution in [1.29, 1.82) is 0 Å². The highest BCUT2D eigenvalue weighted by atomic mass is 32.1. The molecule has 2 unspecified atom stereocenters. The highest BCUT2D eigenvalue weighted by molar-refractivity contribution is 7.13. The number of hydrogen-bond acceptors (Lipinski definition) is 5. The maximum Gasteiger partial charge on any atom is 0.245 e. The molecule has 1 aliphatic heterocycles. The SMILES string of the molecule is Cc1ccsc1-c1nc(N2CCCC(N)C2C)n[nH]1. The molecule has 0 radical (unpaired) electrons. The third kappa shape index (κ3) is 2.26. The second-order valence-corrected chi connectivity index (χ2v) is 6.07. The number of aromatic nitrogens is 3. The fraction of sp³-hybridized carbons (Fsp3) is 0.538. The molecule has 0 spiro atoms. The van der Waals surface area contributed by atoms with E-state index in [9.17, 15) is 0 Å². The van der Waals surface area contributed by atoms with Gasteiger partial charge in [0.1, 0.15) is 0 Å². The quantitative estimate of drug-likeness (QED) is 0.882. The van der Waals surface area contributed by atoms with Crippen LogP contribution in [-0.4, -0.2) is 33.8 Å². The van der Waals surface area contributed by atoms with Crippen LogP contribution in [0, 0.1) is 6.92 Å². The van der Waals surface area contributed by atoms with Gasteiger partial charge in [0.15, 0.2) is 5.82 Å². The topological polar surface area (TPSA) is 70.8 Å². The molecule has 2 aromatic heterocycles. The van der Waals surface area contributed by atoms with Gasteiger partial charge >= 0.3 is 0 Å². The first-order valence-corrected chi connectivity index (χ1v) is 7.54. The molecule has 1 fully saturated rings. The summed E-state index contributed by atoms with van der Waals surface area (Å²) >= 11 is 1.69. The van der Waals surface area contributed by atoms with E-state index in [-0.39, 0.29) is 6.04 Å². The van der Waals surface area contributed by atoms with Crippen LogP contribution < -0.4 is 10.6 Å². The number of nitrogens with two attached hydrogens (primary N) is 1. The van der Waals surface area contributed by atoms with Gasteiger partial charge in [-0.15, -0.1) is 16.4 Å². The third-order valence-corrected chi connectivity index (χ3v) is 4.88. The van der Waals surface area contributed by atoms with Crippen molar-refractivity contribution in [3.05, 3.63) is 17.0 Å². The Morgan fingerprint density at radius 2 is 2.37 bits per heavy atom. The second kappa shape index (κ2) is 4.94. The van der Waals surface area contributed by atoms with Crippen LogP contribution in [0.5, 0.6) is 0 Å². The predicted molar refractivity (Wildman–Crippen MR) is 78.5 cm³/mol. The Labute approximate surface area is 116 Å². The first-order valence-electron chi connectivity index (χ1n) is 6.66. The number of aryl methyl sites for hydroxylation is 1. The van der Waals surface area contributed by atoms with Crippen molar-refractivity contribution in [2.75, 3.05) is 11.4 Å². The summed E-state index contributed by atoms with van der Waals surface area (Å²) in [7, 11) is 0. The van der Waals surface area contributed by atoms with Gasteiger partial charge in [0, 0.05) is 18.6 Å². The average Bonchev–Trinajstić information content (AvgIpc) is 3.01. The fourth-order valence-corrected chi connectivity index (χ4v) is 3.42. The van der Waals surface area contributed by atoms with Crippen molar-refractivity contribution in [1.82, 2.24) is 15.2 Å². The Bertz CT molecular complexity index is 561. The number of H-pyrrole nitrogens is 1. The average molecular weight is 277 g/mol. The van der Waals surface area contributed by atoms with Gasteiger partial charge in [-0.2, -0.15) is 4.98 Å². The molecule has 6 heteroatoms. The molecular formula is C13H19N5S. The molecule has 102 valence electrons. The number of thiophene rings is 1. The summed E-state index contributed by atoms with van der Waals surface area (Å²) in [5, 5.41) is 9.49. The molecular weight excluding hydrogens is 258 g/mol. The van der Waals surface area contributed by atoms with Gasteiger partial charge in [-0.25, -0.2) is 0 Å². The summed E-state index contributed by atoms with van der Waals surface area (Å²) in [6.45, 7) is 5.22. The van der Waals surface area contributed by atoms with Crippen LogP contribution in [0.3, 0.4) is 0 Å². The minimum atomic E-state index is 0.208. The van der Waals surface area contributed by atoms with Gasteiger partial charge in [-0.05, 0) is 43.7 Å². The molecule has 0 aromatic carbocycles. The van der Waals surface area contributed by atoms with Crippen LogP contribution >= 0.6 is 11.3 Å². The number of nitrogens with zero attached hydrogens (tertiary/aromatic N) is 3. The van der Waals surface area contributed by atoms with Crippen LogP contribution in [0.25, 0.3) is 10.7 Å². The van der Waals surface area contributed by atoms with E-state index in [1.165, 1.54) is 5.56 Å². The minimum absolute atomic E-state index is 0.208. The Hall–Kier alpha value is -1.40. The van der Waals surface area contributed by atoms with E-state index in [2.05, 4.69) is 45.4 Å². The Morgan fingerprint density at radius 3 is 3.11 bits per heavy atom. The van der Waals surface area contributed by atoms with Crippen LogP contribution in [0.4, 0.5) is 5.95 Å². The number of aromatic amines is 1. The Kier molecular flexibility index (Phi) is 3.28. The Balaban J connectivity index is 1.87. The molecule has 5 nitrogen and oxygen atoms in total. The molecule has 1 aliphatic rings. The van der Waals surface area contributed by atoms with E-state index in [0.717, 1.165) is 36.0 Å². The highest BCUT2D eigenvalue weighted by Crippen LogP contribution is 2.28. The van der Waals surface area contributed by atoms with Gasteiger partial charge in [0.2, 0.25) is 5.95 Å². The Morgan fingerprint density at radius 1 is 1.53 bits per heavy atom. The van der Waals surface area contributed by atoms with Gasteiger partial charge in [-0.1, -0.05) is 0 Å². The molecule has 2 atom stereocenters. The zero-order valence-electron chi connectivity index (χ0n) is 11.3. The second-order valence-electron chi connectivity index (χ2n) is 5.16. The minimum Gasteiger partial charge on any atom is -0.335 e. The summed E-state index contributed by atoms with van der Waals surface area (Å²) in [5.74, 6) is 1.62. The summed E-state index contributed by atoms with van der Waals surface area (Å²) in [4.78, 5) is 8.00. The molecule has 0 saturated carbocycles. The number of nitrogens with one attached hydrogen (secondary N) is 1. The van der Waals surface area contributed by atoms with Crippen molar-refractivity contribution < 1.29 is 0 Å². The maximum absolute atomic E-state index is 6.13. The van der Waals surface area contributed by atoms with E-state index in [4.69, 9.17) is 5.73 Å². The third-order valence-electron chi connectivity index (χ3n) is 3.86. The number of anilines is 1. The zero-order chi connectivity index (χ0) is 13.4. The highest BCUT2D eigenvalue weighted by Gasteiger charge is 2.28. The fourth-order valence-electron chi connectivity index (χ4n) is 2.55. The lowest BCUT2D eigenvalue weighted by molar-refractivity contribution is 0.416. The van der Waals surface area contributed by atoms with Crippen molar-refractivity contribution in [3.8, 4) is 10.7 Å². The zero-order valence-corrected chi connectivity index (χ0v) is 12.1. The van der Waals surface area contributed by atoms with Crippen molar-refractivity contribution in [2.45, 2.75) is 38.8 Å². The first kappa shape index (κ1) is 12.6. The normalized spacial score (nSPS) is 23.8. The summed E-state index contributed by atoms with van der Waals surface area (Å²) in [5.41, 5.74) is 7.36. The summed E-state index contributed by atoms with van der Waals surface area (Å²) in [6.07, 6.45) is 2.19. The summed E-state index contributed by atoms with van der Waals surface area (Å²) < 4.78 is 0. The molecule has 0 bridgehead atoms. The first-order chi connectivity index (χ1) is 9.16. The van der Waals surface area contributed by atoms with Gasteiger partial charge in [0.25, 0.3) is 0 Å². The smallest absolute Gasteiger partial charge is 0.245 e. The summed E-state index contributed by atoms with van der Waals surface area (Å²) in [6, 6.07) is 2.60. The lowest BCUT2D eigenvalue weighted by Gasteiger charge is -2.36. The lowest BCUT2D eigenvalue weighted by Crippen LogP contribution is -2.50. The van der Waals surface area contributed by atoms with Gasteiger partial charge < -0.3 is 10.6 Å². The molecule has 2 aromatic rings. The largest absolute Gasteiger partial charge is 0.335 e.